The average Bonchev–Trinajstić information content (AvgIpc) is 3.12. The van der Waals surface area contributed by atoms with Gasteiger partial charge in [0.1, 0.15) is 9.92 Å². The number of hydrogen-bond donors (Lipinski definition) is 1. The van der Waals surface area contributed by atoms with Crippen molar-refractivity contribution in [1.82, 2.24) is 9.29 Å². The maximum Gasteiger partial charge on any atom is 0.244 e. The summed E-state index contributed by atoms with van der Waals surface area (Å²) in [5.74, 6) is -0.114. The third kappa shape index (κ3) is 4.39. The molecule has 1 saturated heterocycles. The van der Waals surface area contributed by atoms with Crippen LogP contribution in [-0.4, -0.2) is 36.7 Å². The van der Waals surface area contributed by atoms with Crippen LogP contribution in [0.1, 0.15) is 19.8 Å². The molecule has 1 aliphatic rings. The zero-order chi connectivity index (χ0) is 17.9. The van der Waals surface area contributed by atoms with Crippen LogP contribution >= 0.6 is 11.8 Å². The van der Waals surface area contributed by atoms with E-state index in [9.17, 15) is 13.2 Å². The lowest BCUT2D eigenvalue weighted by atomic mass is 10.3. The quantitative estimate of drug-likeness (QED) is 0.866. The Labute approximate surface area is 151 Å². The van der Waals surface area contributed by atoms with Gasteiger partial charge in [0, 0.05) is 36.8 Å². The van der Waals surface area contributed by atoms with Gasteiger partial charge in [-0.2, -0.15) is 4.31 Å². The number of nitrogens with zero attached hydrogens (tertiary/aromatic N) is 2. The summed E-state index contributed by atoms with van der Waals surface area (Å²) in [6.45, 7) is 2.63. The van der Waals surface area contributed by atoms with Gasteiger partial charge in [-0.25, -0.2) is 13.4 Å². The lowest BCUT2D eigenvalue weighted by Crippen LogP contribution is -2.27. The predicted octanol–water partition coefficient (Wildman–Crippen LogP) is 2.98. The highest BCUT2D eigenvalue weighted by Gasteiger charge is 2.27. The molecule has 0 aliphatic carbocycles. The number of hydrogen-bond acceptors (Lipinski definition) is 5. The Morgan fingerprint density at radius 3 is 2.36 bits per heavy atom. The van der Waals surface area contributed by atoms with Crippen LogP contribution in [0.2, 0.25) is 0 Å². The average molecular weight is 377 g/mol. The van der Waals surface area contributed by atoms with Crippen LogP contribution in [0.25, 0.3) is 0 Å². The van der Waals surface area contributed by atoms with Crippen molar-refractivity contribution < 1.29 is 13.2 Å². The number of sulfonamides is 1. The second-order valence-electron chi connectivity index (χ2n) is 5.75. The van der Waals surface area contributed by atoms with E-state index in [4.69, 9.17) is 0 Å². The number of carbonyl (C=O) groups excluding carboxylic acids is 1. The van der Waals surface area contributed by atoms with Crippen LogP contribution in [0, 0.1) is 0 Å². The molecule has 132 valence electrons. The lowest BCUT2D eigenvalue weighted by Gasteiger charge is -2.15. The third-order valence-corrected chi connectivity index (χ3v) is 6.65. The van der Waals surface area contributed by atoms with Gasteiger partial charge in [-0.05, 0) is 49.2 Å². The minimum atomic E-state index is -3.42. The molecule has 0 atom stereocenters. The van der Waals surface area contributed by atoms with E-state index in [0.717, 1.165) is 23.4 Å². The van der Waals surface area contributed by atoms with E-state index < -0.39 is 10.0 Å². The van der Waals surface area contributed by atoms with Crippen molar-refractivity contribution in [3.8, 4) is 0 Å². The SMILES string of the molecule is CC(=O)Nc1ccc(Sc2ccc(S(=O)(=O)N3CCCC3)cn2)cc1. The van der Waals surface area contributed by atoms with E-state index in [1.807, 2.05) is 24.3 Å². The van der Waals surface area contributed by atoms with Gasteiger partial charge < -0.3 is 5.32 Å². The Balaban J connectivity index is 1.69. The molecule has 0 spiro atoms. The molecule has 1 aromatic carbocycles. The normalized spacial score (nSPS) is 15.2. The van der Waals surface area contributed by atoms with Crippen molar-refractivity contribution in [2.24, 2.45) is 0 Å². The van der Waals surface area contributed by atoms with Crippen LogP contribution in [0.15, 0.2) is 57.4 Å². The molecular formula is C17H19N3O3S2. The fraction of sp³-hybridized carbons (Fsp3) is 0.294. The standard InChI is InChI=1S/C17H19N3O3S2/c1-13(21)19-14-4-6-15(7-5-14)24-17-9-8-16(12-18-17)25(22,23)20-10-2-3-11-20/h4-9,12H,2-3,10-11H2,1H3,(H,19,21). The smallest absolute Gasteiger partial charge is 0.244 e. The number of anilines is 1. The van der Waals surface area contributed by atoms with Crippen molar-refractivity contribution >= 4 is 33.4 Å². The van der Waals surface area contributed by atoms with E-state index in [1.165, 1.54) is 29.2 Å². The van der Waals surface area contributed by atoms with Crippen LogP contribution in [0.5, 0.6) is 0 Å². The summed E-state index contributed by atoms with van der Waals surface area (Å²) in [6, 6.07) is 10.7. The van der Waals surface area contributed by atoms with Gasteiger partial charge in [-0.15, -0.1) is 0 Å². The van der Waals surface area contributed by atoms with Crippen LogP contribution in [-0.2, 0) is 14.8 Å². The van der Waals surface area contributed by atoms with Crippen molar-refractivity contribution in [1.29, 1.82) is 0 Å². The van der Waals surface area contributed by atoms with Crippen LogP contribution in [0.4, 0.5) is 5.69 Å². The molecule has 2 aromatic rings. The highest BCUT2D eigenvalue weighted by Crippen LogP contribution is 2.28. The van der Waals surface area contributed by atoms with Gasteiger partial charge in [0.25, 0.3) is 0 Å². The van der Waals surface area contributed by atoms with Crippen molar-refractivity contribution in [3.05, 3.63) is 42.6 Å². The fourth-order valence-corrected chi connectivity index (χ4v) is 4.81. The number of aromatic nitrogens is 1. The number of benzene rings is 1. The molecule has 6 nitrogen and oxygen atoms in total. The lowest BCUT2D eigenvalue weighted by molar-refractivity contribution is -0.114. The van der Waals surface area contributed by atoms with Gasteiger partial charge in [0.15, 0.2) is 0 Å². The fourth-order valence-electron chi connectivity index (χ4n) is 2.59. The summed E-state index contributed by atoms with van der Waals surface area (Å²) in [5.41, 5.74) is 0.733. The van der Waals surface area contributed by atoms with Gasteiger partial charge >= 0.3 is 0 Å². The first-order chi connectivity index (χ1) is 11.9. The molecule has 0 radical (unpaired) electrons. The number of rotatable bonds is 5. The Hall–Kier alpha value is -1.90. The molecule has 0 saturated carbocycles. The number of carbonyl (C=O) groups is 1. The Kier molecular flexibility index (Phi) is 5.41. The number of amides is 1. The van der Waals surface area contributed by atoms with Gasteiger partial charge in [-0.3, -0.25) is 4.79 Å². The summed E-state index contributed by atoms with van der Waals surface area (Å²) in [4.78, 5) is 16.5. The zero-order valence-corrected chi connectivity index (χ0v) is 15.4. The topological polar surface area (TPSA) is 79.4 Å². The van der Waals surface area contributed by atoms with E-state index in [1.54, 1.807) is 12.1 Å². The summed E-state index contributed by atoms with van der Waals surface area (Å²) >= 11 is 1.43. The zero-order valence-electron chi connectivity index (χ0n) is 13.8. The highest BCUT2D eigenvalue weighted by molar-refractivity contribution is 7.99. The second-order valence-corrected chi connectivity index (χ2v) is 8.78. The van der Waals surface area contributed by atoms with Gasteiger partial charge in [-0.1, -0.05) is 11.8 Å². The first-order valence-corrected chi connectivity index (χ1v) is 10.2. The Morgan fingerprint density at radius 2 is 1.80 bits per heavy atom. The molecule has 1 aliphatic heterocycles. The number of nitrogens with one attached hydrogen (secondary N) is 1. The van der Waals surface area contributed by atoms with Crippen molar-refractivity contribution in [3.63, 3.8) is 0 Å². The maximum absolute atomic E-state index is 12.5. The first kappa shape index (κ1) is 17.9. The molecule has 0 unspecified atom stereocenters. The molecule has 1 N–H and O–H groups in total. The van der Waals surface area contributed by atoms with E-state index >= 15 is 0 Å². The summed E-state index contributed by atoms with van der Waals surface area (Å²) in [5, 5.41) is 3.43. The van der Waals surface area contributed by atoms with Crippen LogP contribution in [0.3, 0.4) is 0 Å². The molecule has 1 fully saturated rings. The molecule has 2 heterocycles. The Morgan fingerprint density at radius 1 is 1.12 bits per heavy atom. The first-order valence-electron chi connectivity index (χ1n) is 7.97. The molecule has 8 heteroatoms. The largest absolute Gasteiger partial charge is 0.326 e. The number of pyridine rings is 1. The molecular weight excluding hydrogens is 358 g/mol. The van der Waals surface area contributed by atoms with Gasteiger partial charge in [0.05, 0.1) is 0 Å². The highest BCUT2D eigenvalue weighted by atomic mass is 32.2. The van der Waals surface area contributed by atoms with Crippen molar-refractivity contribution in [2.75, 3.05) is 18.4 Å². The minimum Gasteiger partial charge on any atom is -0.326 e. The Bertz CT molecular complexity index is 844. The van der Waals surface area contributed by atoms with E-state index in [2.05, 4.69) is 10.3 Å². The van der Waals surface area contributed by atoms with E-state index in [-0.39, 0.29) is 10.8 Å². The van der Waals surface area contributed by atoms with Crippen molar-refractivity contribution in [2.45, 2.75) is 34.6 Å². The minimum absolute atomic E-state index is 0.114. The third-order valence-electron chi connectivity index (χ3n) is 3.81. The van der Waals surface area contributed by atoms with Gasteiger partial charge in [0.2, 0.25) is 15.9 Å². The predicted molar refractivity (Wildman–Crippen MR) is 97.1 cm³/mol. The summed E-state index contributed by atoms with van der Waals surface area (Å²) in [6.07, 6.45) is 3.24. The summed E-state index contributed by atoms with van der Waals surface area (Å²) in [7, 11) is -3.42. The molecule has 25 heavy (non-hydrogen) atoms. The van der Waals surface area contributed by atoms with Crippen LogP contribution < -0.4 is 5.32 Å². The molecule has 3 rings (SSSR count). The summed E-state index contributed by atoms with van der Waals surface area (Å²) < 4.78 is 26.5. The van der Waals surface area contributed by atoms with E-state index in [0.29, 0.717) is 18.1 Å². The molecule has 1 aromatic heterocycles. The second kappa shape index (κ2) is 7.55. The monoisotopic (exact) mass is 377 g/mol. The molecule has 1 amide bonds. The maximum atomic E-state index is 12.5. The molecule has 0 bridgehead atoms.